The highest BCUT2D eigenvalue weighted by atomic mass is 16.2. The first-order valence-corrected chi connectivity index (χ1v) is 11.4. The zero-order valence-corrected chi connectivity index (χ0v) is 18.3. The zero-order valence-electron chi connectivity index (χ0n) is 18.3. The average molecular weight is 427 g/mol. The molecule has 4 aliphatic carbocycles. The number of carbonyl (C=O) groups is 3. The molecule has 5 nitrogen and oxygen atoms in total. The molecule has 5 heteroatoms. The molecule has 0 N–H and O–H groups in total. The van der Waals surface area contributed by atoms with Gasteiger partial charge in [-0.25, -0.2) is 0 Å². The van der Waals surface area contributed by atoms with Gasteiger partial charge in [-0.15, -0.1) is 0 Å². The van der Waals surface area contributed by atoms with Crippen molar-refractivity contribution in [2.45, 2.75) is 20.3 Å². The van der Waals surface area contributed by atoms with Crippen LogP contribution in [0.5, 0.6) is 0 Å². The van der Waals surface area contributed by atoms with Gasteiger partial charge in [0.15, 0.2) is 0 Å². The van der Waals surface area contributed by atoms with Gasteiger partial charge in [-0.2, -0.15) is 0 Å². The van der Waals surface area contributed by atoms with E-state index in [1.54, 1.807) is 17.0 Å². The summed E-state index contributed by atoms with van der Waals surface area (Å²) in [6.07, 6.45) is 5.48. The van der Waals surface area contributed by atoms with Crippen molar-refractivity contribution >= 4 is 23.4 Å². The van der Waals surface area contributed by atoms with Gasteiger partial charge in [0, 0.05) is 11.3 Å². The van der Waals surface area contributed by atoms with E-state index < -0.39 is 0 Å². The highest BCUT2D eigenvalue weighted by Crippen LogP contribution is 2.65. The molecule has 3 amide bonds. The standard InChI is InChI=1S/C27H26N2O3/c1-15-8-9-16(2)22(12-15)28(25(30)17-6-4-3-5-7-17)14-29-26(31)23-18-10-11-19(21-13-20(18)21)24(23)27(29)32/h3-12,18-21,23-24H,13-14H2,1-2H3. The molecule has 32 heavy (non-hydrogen) atoms. The molecule has 1 heterocycles. The lowest BCUT2D eigenvalue weighted by molar-refractivity contribution is -0.140. The molecule has 2 bridgehead atoms. The monoisotopic (exact) mass is 426 g/mol. The van der Waals surface area contributed by atoms with Gasteiger partial charge in [-0.05, 0) is 73.3 Å². The molecule has 2 aromatic rings. The summed E-state index contributed by atoms with van der Waals surface area (Å²) in [6, 6.07) is 15.0. The molecule has 162 valence electrons. The van der Waals surface area contributed by atoms with Crippen LogP contribution >= 0.6 is 0 Å². The lowest BCUT2D eigenvalue weighted by atomic mass is 9.63. The van der Waals surface area contributed by atoms with Crippen molar-refractivity contribution in [3.05, 3.63) is 77.4 Å². The second-order valence-corrected chi connectivity index (χ2v) is 9.79. The summed E-state index contributed by atoms with van der Waals surface area (Å²) in [6.45, 7) is 3.88. The molecule has 6 unspecified atom stereocenters. The maximum absolute atomic E-state index is 13.6. The Morgan fingerprint density at radius 3 is 2.19 bits per heavy atom. The summed E-state index contributed by atoms with van der Waals surface area (Å²) in [5.74, 6) is 0.529. The van der Waals surface area contributed by atoms with Crippen molar-refractivity contribution in [3.8, 4) is 0 Å². The SMILES string of the molecule is Cc1ccc(C)c(N(CN2C(=O)C3C4C=CC(C5CC45)C3C2=O)C(=O)c2ccccc2)c1. The Bertz CT molecular complexity index is 1130. The molecule has 1 aliphatic heterocycles. The molecule has 5 aliphatic rings. The van der Waals surface area contributed by atoms with Crippen LogP contribution in [0.2, 0.25) is 0 Å². The van der Waals surface area contributed by atoms with Crippen molar-refractivity contribution in [1.82, 2.24) is 4.90 Å². The molecule has 7 rings (SSSR count). The number of aryl methyl sites for hydroxylation is 2. The third kappa shape index (κ3) is 2.73. The van der Waals surface area contributed by atoms with Gasteiger partial charge in [0.2, 0.25) is 11.8 Å². The van der Waals surface area contributed by atoms with Gasteiger partial charge in [-0.3, -0.25) is 24.2 Å². The second-order valence-electron chi connectivity index (χ2n) is 9.79. The number of anilines is 1. The van der Waals surface area contributed by atoms with E-state index in [-0.39, 0.29) is 48.1 Å². The van der Waals surface area contributed by atoms with E-state index in [1.807, 2.05) is 50.2 Å². The number of likely N-dealkylation sites (tertiary alicyclic amines) is 1. The van der Waals surface area contributed by atoms with E-state index in [2.05, 4.69) is 12.2 Å². The molecule has 6 atom stereocenters. The summed E-state index contributed by atoms with van der Waals surface area (Å²) >= 11 is 0. The highest BCUT2D eigenvalue weighted by molar-refractivity contribution is 6.10. The average Bonchev–Trinajstić information content (AvgIpc) is 3.59. The molecular weight excluding hydrogens is 400 g/mol. The smallest absolute Gasteiger partial charge is 0.259 e. The predicted octanol–water partition coefficient (Wildman–Crippen LogP) is 3.96. The summed E-state index contributed by atoms with van der Waals surface area (Å²) in [4.78, 5) is 43.6. The number of allylic oxidation sites excluding steroid dienone is 2. The molecule has 1 saturated heterocycles. The fraction of sp³-hybridized carbons (Fsp3) is 0.370. The molecule has 0 radical (unpaired) electrons. The van der Waals surface area contributed by atoms with Crippen LogP contribution < -0.4 is 4.90 Å². The van der Waals surface area contributed by atoms with E-state index in [0.717, 1.165) is 23.2 Å². The lowest BCUT2D eigenvalue weighted by Gasteiger charge is -2.37. The number of hydrogen-bond donors (Lipinski definition) is 0. The first-order valence-electron chi connectivity index (χ1n) is 11.4. The van der Waals surface area contributed by atoms with E-state index in [4.69, 9.17) is 0 Å². The molecule has 2 aromatic carbocycles. The Hall–Kier alpha value is -3.21. The van der Waals surface area contributed by atoms with Gasteiger partial charge in [0.1, 0.15) is 6.67 Å². The van der Waals surface area contributed by atoms with Crippen LogP contribution in [0.3, 0.4) is 0 Å². The Labute approximate surface area is 187 Å². The number of hydrogen-bond acceptors (Lipinski definition) is 3. The van der Waals surface area contributed by atoms with Crippen LogP contribution in [0.1, 0.15) is 27.9 Å². The Morgan fingerprint density at radius 2 is 1.56 bits per heavy atom. The van der Waals surface area contributed by atoms with E-state index in [0.29, 0.717) is 17.4 Å². The van der Waals surface area contributed by atoms with Crippen LogP contribution in [0.4, 0.5) is 5.69 Å². The second kappa shape index (κ2) is 6.89. The molecule has 2 saturated carbocycles. The minimum absolute atomic E-state index is 0.0442. The molecule has 0 spiro atoms. The normalized spacial score (nSPS) is 31.5. The topological polar surface area (TPSA) is 57.7 Å². The predicted molar refractivity (Wildman–Crippen MR) is 121 cm³/mol. The molecule has 0 aromatic heterocycles. The van der Waals surface area contributed by atoms with E-state index >= 15 is 0 Å². The number of imide groups is 1. The first kappa shape index (κ1) is 19.5. The van der Waals surface area contributed by atoms with Crippen molar-refractivity contribution < 1.29 is 14.4 Å². The fourth-order valence-corrected chi connectivity index (χ4v) is 6.30. The maximum atomic E-state index is 13.6. The Morgan fingerprint density at radius 1 is 0.938 bits per heavy atom. The first-order chi connectivity index (χ1) is 15.5. The highest BCUT2D eigenvalue weighted by Gasteiger charge is 2.67. The summed E-state index contributed by atoms with van der Waals surface area (Å²) < 4.78 is 0. The third-order valence-electron chi connectivity index (χ3n) is 7.96. The molecule has 3 fully saturated rings. The van der Waals surface area contributed by atoms with Crippen molar-refractivity contribution in [2.75, 3.05) is 11.6 Å². The zero-order chi connectivity index (χ0) is 22.1. The Balaban J connectivity index is 1.37. The molecular formula is C27H26N2O3. The fourth-order valence-electron chi connectivity index (χ4n) is 6.30. The quantitative estimate of drug-likeness (QED) is 0.549. The van der Waals surface area contributed by atoms with Gasteiger partial charge >= 0.3 is 0 Å². The maximum Gasteiger partial charge on any atom is 0.259 e. The van der Waals surface area contributed by atoms with Crippen LogP contribution in [-0.2, 0) is 9.59 Å². The van der Waals surface area contributed by atoms with Crippen molar-refractivity contribution in [1.29, 1.82) is 0 Å². The Kier molecular flexibility index (Phi) is 4.19. The van der Waals surface area contributed by atoms with Crippen LogP contribution in [0.15, 0.2) is 60.7 Å². The van der Waals surface area contributed by atoms with Crippen LogP contribution in [0.25, 0.3) is 0 Å². The number of benzene rings is 2. The van der Waals surface area contributed by atoms with Gasteiger partial charge in [0.05, 0.1) is 11.8 Å². The summed E-state index contributed by atoms with van der Waals surface area (Å²) in [5.41, 5.74) is 3.22. The third-order valence-corrected chi connectivity index (χ3v) is 7.96. The number of rotatable bonds is 4. The lowest BCUT2D eigenvalue weighted by Crippen LogP contribution is -2.45. The minimum atomic E-state index is -0.256. The minimum Gasteiger partial charge on any atom is -0.289 e. The van der Waals surface area contributed by atoms with Crippen LogP contribution in [0, 0.1) is 49.4 Å². The number of carbonyl (C=O) groups excluding carboxylic acids is 3. The van der Waals surface area contributed by atoms with Gasteiger partial charge in [0.25, 0.3) is 5.91 Å². The number of amides is 3. The van der Waals surface area contributed by atoms with Crippen LogP contribution in [-0.4, -0.2) is 29.3 Å². The largest absolute Gasteiger partial charge is 0.289 e. The van der Waals surface area contributed by atoms with E-state index in [1.165, 1.54) is 4.90 Å². The van der Waals surface area contributed by atoms with Crippen molar-refractivity contribution in [2.24, 2.45) is 35.5 Å². The van der Waals surface area contributed by atoms with E-state index in [9.17, 15) is 14.4 Å². The number of nitrogens with zero attached hydrogens (tertiary/aromatic N) is 2. The van der Waals surface area contributed by atoms with Crippen molar-refractivity contribution in [3.63, 3.8) is 0 Å². The summed E-state index contributed by atoms with van der Waals surface area (Å²) in [7, 11) is 0. The van der Waals surface area contributed by atoms with Gasteiger partial charge in [-0.1, -0.05) is 42.5 Å². The summed E-state index contributed by atoms with van der Waals surface area (Å²) in [5, 5.41) is 0. The van der Waals surface area contributed by atoms with Gasteiger partial charge < -0.3 is 0 Å².